The number of hydrogen-bond donors (Lipinski definition) is 0. The maximum atomic E-state index is 2.68. The van der Waals surface area contributed by atoms with Gasteiger partial charge in [0.2, 0.25) is 0 Å². The molecule has 0 aromatic heterocycles. The Morgan fingerprint density at radius 1 is 0.941 bits per heavy atom. The van der Waals surface area contributed by atoms with Crippen LogP contribution < -0.4 is 0 Å². The van der Waals surface area contributed by atoms with Crippen molar-refractivity contribution >= 4 is 0 Å². The van der Waals surface area contributed by atoms with Gasteiger partial charge in [0.15, 0.2) is 0 Å². The summed E-state index contributed by atoms with van der Waals surface area (Å²) >= 11 is 0. The largest absolute Gasteiger partial charge is 0.304 e. The maximum absolute atomic E-state index is 2.68. The van der Waals surface area contributed by atoms with E-state index in [9.17, 15) is 0 Å². The fraction of sp³-hybridized carbons (Fsp3) is 1.00. The first-order chi connectivity index (χ1) is 7.63. The van der Waals surface area contributed by atoms with Crippen LogP contribution in [0.15, 0.2) is 0 Å². The Morgan fingerprint density at radius 2 is 1.41 bits per heavy atom. The van der Waals surface area contributed by atoms with Crippen LogP contribution >= 0.6 is 0 Å². The normalized spacial score (nSPS) is 22.8. The zero-order valence-corrected chi connectivity index (χ0v) is 13.0. The Bertz CT molecular complexity index is 232. The minimum Gasteiger partial charge on any atom is -0.304 e. The molecular weight excluding hydrogens is 208 g/mol. The number of piperazine rings is 1. The van der Waals surface area contributed by atoms with E-state index < -0.39 is 0 Å². The fourth-order valence-electron chi connectivity index (χ4n) is 2.60. The van der Waals surface area contributed by atoms with E-state index in [1.54, 1.807) is 0 Å². The molecule has 0 aromatic carbocycles. The van der Waals surface area contributed by atoms with E-state index in [0.29, 0.717) is 11.0 Å². The van der Waals surface area contributed by atoms with Crippen LogP contribution in [-0.2, 0) is 0 Å². The van der Waals surface area contributed by atoms with E-state index in [0.717, 1.165) is 5.92 Å². The molecule has 0 saturated carbocycles. The van der Waals surface area contributed by atoms with Crippen molar-refractivity contribution in [3.05, 3.63) is 0 Å². The van der Waals surface area contributed by atoms with Crippen molar-refractivity contribution in [2.75, 3.05) is 33.2 Å². The monoisotopic (exact) mass is 240 g/mol. The fourth-order valence-corrected chi connectivity index (χ4v) is 2.60. The number of likely N-dealkylation sites (N-methyl/N-ethyl adjacent to an activating group) is 1. The molecule has 0 bridgehead atoms. The molecule has 0 spiro atoms. The quantitative estimate of drug-likeness (QED) is 0.748. The van der Waals surface area contributed by atoms with Crippen LogP contribution in [0.2, 0.25) is 0 Å². The molecule has 0 N–H and O–H groups in total. The molecule has 1 rings (SSSR count). The second-order valence-electron chi connectivity index (χ2n) is 7.57. The summed E-state index contributed by atoms with van der Waals surface area (Å²) in [6, 6.07) is 0. The third kappa shape index (κ3) is 4.26. The van der Waals surface area contributed by atoms with Gasteiger partial charge in [-0.2, -0.15) is 0 Å². The highest BCUT2D eigenvalue weighted by Crippen LogP contribution is 2.34. The molecule has 1 unspecified atom stereocenters. The molecule has 2 heteroatoms. The molecule has 0 aromatic rings. The zero-order chi connectivity index (χ0) is 13.3. The van der Waals surface area contributed by atoms with Gasteiger partial charge in [-0.15, -0.1) is 0 Å². The summed E-state index contributed by atoms with van der Waals surface area (Å²) in [6.07, 6.45) is 1.29. The highest BCUT2D eigenvalue weighted by molar-refractivity contribution is 4.88. The molecule has 1 aliphatic heterocycles. The molecule has 17 heavy (non-hydrogen) atoms. The van der Waals surface area contributed by atoms with Gasteiger partial charge in [-0.25, -0.2) is 0 Å². The van der Waals surface area contributed by atoms with Crippen LogP contribution in [0.4, 0.5) is 0 Å². The highest BCUT2D eigenvalue weighted by Gasteiger charge is 2.33. The summed E-state index contributed by atoms with van der Waals surface area (Å²) in [4.78, 5) is 5.11. The smallest absolute Gasteiger partial charge is 0.0157 e. The molecule has 102 valence electrons. The van der Waals surface area contributed by atoms with E-state index in [1.807, 2.05) is 0 Å². The van der Waals surface area contributed by atoms with Crippen molar-refractivity contribution in [1.82, 2.24) is 9.80 Å². The Kier molecular flexibility index (Phi) is 4.65. The van der Waals surface area contributed by atoms with Crippen LogP contribution in [-0.4, -0.2) is 48.6 Å². The lowest BCUT2D eigenvalue weighted by Gasteiger charge is -2.46. The molecule has 0 amide bonds. The van der Waals surface area contributed by atoms with E-state index in [4.69, 9.17) is 0 Å². The summed E-state index contributed by atoms with van der Waals surface area (Å²) in [5, 5.41) is 0. The second-order valence-corrected chi connectivity index (χ2v) is 7.57. The average Bonchev–Trinajstić information content (AvgIpc) is 2.16. The third-order valence-electron chi connectivity index (χ3n) is 4.64. The van der Waals surface area contributed by atoms with Gasteiger partial charge < -0.3 is 4.90 Å². The standard InChI is InChI=1S/C15H32N2/c1-13(14(2,3)4)12-15(5,6)17-10-8-16(7)9-11-17/h13H,8-12H2,1-7H3. The van der Waals surface area contributed by atoms with Crippen molar-refractivity contribution in [2.24, 2.45) is 11.3 Å². The molecule has 1 fully saturated rings. The van der Waals surface area contributed by atoms with E-state index in [1.165, 1.54) is 32.6 Å². The Labute approximate surface area is 108 Å². The number of hydrogen-bond acceptors (Lipinski definition) is 2. The lowest BCUT2D eigenvalue weighted by molar-refractivity contribution is 0.0340. The Hall–Kier alpha value is -0.0800. The maximum Gasteiger partial charge on any atom is 0.0157 e. The predicted octanol–water partition coefficient (Wildman–Crippen LogP) is 3.08. The number of rotatable bonds is 3. The van der Waals surface area contributed by atoms with Crippen molar-refractivity contribution in [1.29, 1.82) is 0 Å². The Morgan fingerprint density at radius 3 is 1.82 bits per heavy atom. The van der Waals surface area contributed by atoms with Crippen LogP contribution in [0, 0.1) is 11.3 Å². The van der Waals surface area contributed by atoms with Gasteiger partial charge in [0.1, 0.15) is 0 Å². The van der Waals surface area contributed by atoms with E-state index in [2.05, 4.69) is 58.4 Å². The Balaban J connectivity index is 2.56. The lowest BCUT2D eigenvalue weighted by atomic mass is 9.75. The summed E-state index contributed by atoms with van der Waals surface area (Å²) in [5.74, 6) is 0.761. The van der Waals surface area contributed by atoms with Gasteiger partial charge in [-0.3, -0.25) is 4.90 Å². The van der Waals surface area contributed by atoms with E-state index in [-0.39, 0.29) is 0 Å². The van der Waals surface area contributed by atoms with Crippen LogP contribution in [0.5, 0.6) is 0 Å². The molecule has 0 aliphatic carbocycles. The van der Waals surface area contributed by atoms with Crippen molar-refractivity contribution in [3.63, 3.8) is 0 Å². The van der Waals surface area contributed by atoms with Crippen molar-refractivity contribution < 1.29 is 0 Å². The summed E-state index contributed by atoms with van der Waals surface area (Å²) in [6.45, 7) is 19.2. The second kappa shape index (κ2) is 5.27. The minimum absolute atomic E-state index is 0.341. The van der Waals surface area contributed by atoms with Gasteiger partial charge >= 0.3 is 0 Å². The molecule has 0 radical (unpaired) electrons. The predicted molar refractivity (Wildman–Crippen MR) is 76.4 cm³/mol. The summed E-state index contributed by atoms with van der Waals surface area (Å²) < 4.78 is 0. The van der Waals surface area contributed by atoms with Gasteiger partial charge in [-0.1, -0.05) is 27.7 Å². The molecule has 1 heterocycles. The lowest BCUT2D eigenvalue weighted by Crippen LogP contribution is -2.54. The average molecular weight is 240 g/mol. The first-order valence-corrected chi connectivity index (χ1v) is 7.06. The first-order valence-electron chi connectivity index (χ1n) is 7.06. The highest BCUT2D eigenvalue weighted by atomic mass is 15.3. The minimum atomic E-state index is 0.341. The molecule has 1 aliphatic rings. The van der Waals surface area contributed by atoms with Gasteiger partial charge in [-0.05, 0) is 38.6 Å². The topological polar surface area (TPSA) is 6.48 Å². The van der Waals surface area contributed by atoms with E-state index >= 15 is 0 Å². The van der Waals surface area contributed by atoms with Gasteiger partial charge in [0, 0.05) is 31.7 Å². The van der Waals surface area contributed by atoms with Crippen LogP contribution in [0.25, 0.3) is 0 Å². The van der Waals surface area contributed by atoms with Crippen molar-refractivity contribution in [2.45, 2.75) is 53.5 Å². The zero-order valence-electron chi connectivity index (χ0n) is 13.0. The number of nitrogens with zero attached hydrogens (tertiary/aromatic N) is 2. The van der Waals surface area contributed by atoms with Crippen LogP contribution in [0.3, 0.4) is 0 Å². The SMILES string of the molecule is CC(CC(C)(C)N1CCN(C)CC1)C(C)(C)C. The van der Waals surface area contributed by atoms with Crippen molar-refractivity contribution in [3.8, 4) is 0 Å². The summed E-state index contributed by atoms with van der Waals surface area (Å²) in [5.41, 5.74) is 0.762. The van der Waals surface area contributed by atoms with Gasteiger partial charge in [0.05, 0.1) is 0 Å². The first kappa shape index (κ1) is 15.0. The molecular formula is C15H32N2. The molecule has 1 atom stereocenters. The van der Waals surface area contributed by atoms with Gasteiger partial charge in [0.25, 0.3) is 0 Å². The third-order valence-corrected chi connectivity index (χ3v) is 4.64. The summed E-state index contributed by atoms with van der Waals surface area (Å²) in [7, 11) is 2.22. The molecule has 1 saturated heterocycles. The van der Waals surface area contributed by atoms with Crippen LogP contribution in [0.1, 0.15) is 48.0 Å². The molecule has 2 nitrogen and oxygen atoms in total.